The fraction of sp³-hybridized carbons (Fsp3) is 0.500. The maximum absolute atomic E-state index is 4.87. The summed E-state index contributed by atoms with van der Waals surface area (Å²) in [5, 5.41) is 0. The summed E-state index contributed by atoms with van der Waals surface area (Å²) >= 11 is 0.402. The molecular formula is C4H7INO-. The van der Waals surface area contributed by atoms with Gasteiger partial charge in [-0.3, -0.25) is 0 Å². The second kappa shape index (κ2) is 2.00. The summed E-state index contributed by atoms with van der Waals surface area (Å²) in [5.74, 6) is 5.82. The number of hydrogen-bond donors (Lipinski definition) is 1. The summed E-state index contributed by atoms with van der Waals surface area (Å²) < 4.78 is 2.77. The topological polar surface area (TPSA) is 35.2 Å². The van der Waals surface area contributed by atoms with Gasteiger partial charge in [0.2, 0.25) is 0 Å². The summed E-state index contributed by atoms with van der Waals surface area (Å²) in [6.07, 6.45) is 0. The number of rotatable bonds is 1. The van der Waals surface area contributed by atoms with Crippen molar-refractivity contribution in [1.82, 2.24) is 0 Å². The van der Waals surface area contributed by atoms with Gasteiger partial charge >= 0.3 is 52.6 Å². The van der Waals surface area contributed by atoms with Crippen molar-refractivity contribution >= 4 is 0 Å². The molecule has 7 heavy (non-hydrogen) atoms. The molecule has 0 radical (unpaired) electrons. The molecule has 0 aromatic heterocycles. The van der Waals surface area contributed by atoms with Crippen molar-refractivity contribution in [2.45, 2.75) is 6.92 Å². The Morgan fingerprint density at radius 2 is 2.57 bits per heavy atom. The van der Waals surface area contributed by atoms with Gasteiger partial charge in [-0.2, -0.15) is 0 Å². The van der Waals surface area contributed by atoms with Crippen molar-refractivity contribution in [2.24, 2.45) is 5.90 Å². The molecule has 0 aliphatic carbocycles. The Morgan fingerprint density at radius 3 is 2.71 bits per heavy atom. The summed E-state index contributed by atoms with van der Waals surface area (Å²) in [4.78, 5) is 4.48. The van der Waals surface area contributed by atoms with Gasteiger partial charge in [-0.15, -0.1) is 0 Å². The molecule has 3 heteroatoms. The van der Waals surface area contributed by atoms with Crippen molar-refractivity contribution in [3.63, 3.8) is 0 Å². The number of allylic oxidation sites excluding steroid dienone is 2. The fourth-order valence-corrected chi connectivity index (χ4v) is 1.68. The van der Waals surface area contributed by atoms with E-state index >= 15 is 0 Å². The molecule has 1 saturated heterocycles. The zero-order valence-corrected chi connectivity index (χ0v) is 6.23. The van der Waals surface area contributed by atoms with E-state index in [1.54, 1.807) is 0 Å². The Bertz CT molecular complexity index is 104. The zero-order valence-electron chi connectivity index (χ0n) is 4.07. The van der Waals surface area contributed by atoms with Crippen LogP contribution in [0.4, 0.5) is 0 Å². The summed E-state index contributed by atoms with van der Waals surface area (Å²) in [6.45, 7) is 1.92. The summed E-state index contributed by atoms with van der Waals surface area (Å²) in [5.41, 5.74) is 0. The van der Waals surface area contributed by atoms with Crippen molar-refractivity contribution in [2.75, 3.05) is 4.43 Å². The van der Waals surface area contributed by atoms with Crippen molar-refractivity contribution in [1.29, 1.82) is 0 Å². The molecule has 0 saturated carbocycles. The molecule has 1 aliphatic heterocycles. The zero-order chi connectivity index (χ0) is 5.28. The molecule has 1 heterocycles. The molecule has 0 bridgehead atoms. The number of hydrogen-bond acceptors (Lipinski definition) is 2. The predicted molar refractivity (Wildman–Crippen MR) is 22.8 cm³/mol. The van der Waals surface area contributed by atoms with Crippen LogP contribution in [0.3, 0.4) is 0 Å². The second-order valence-corrected chi connectivity index (χ2v) is 4.17. The van der Waals surface area contributed by atoms with Gasteiger partial charge in [0.25, 0.3) is 0 Å². The van der Waals surface area contributed by atoms with Crippen molar-refractivity contribution < 1.29 is 26.0 Å². The average molecular weight is 212 g/mol. The standard InChI is InChI=1S/C4H7INO/c1-3(7-6)4-2-5-4/h2,6H2,1H3/q-1/b4-3-. The third kappa shape index (κ3) is 1.31. The Hall–Kier alpha value is 0.230. The molecule has 42 valence electrons. The van der Waals surface area contributed by atoms with Gasteiger partial charge in [-0.05, 0) is 0 Å². The molecule has 0 amide bonds. The van der Waals surface area contributed by atoms with Gasteiger partial charge in [0, 0.05) is 0 Å². The van der Waals surface area contributed by atoms with Crippen LogP contribution in [-0.4, -0.2) is 4.43 Å². The summed E-state index contributed by atoms with van der Waals surface area (Å²) in [6, 6.07) is 0. The summed E-state index contributed by atoms with van der Waals surface area (Å²) in [7, 11) is 0. The van der Waals surface area contributed by atoms with E-state index in [0.717, 1.165) is 5.76 Å². The van der Waals surface area contributed by atoms with Crippen LogP contribution in [0.15, 0.2) is 9.34 Å². The number of halogens is 1. The molecule has 1 aliphatic rings. The van der Waals surface area contributed by atoms with Gasteiger partial charge in [0.15, 0.2) is 0 Å². The molecule has 1 fully saturated rings. The Labute approximate surface area is 52.9 Å². The van der Waals surface area contributed by atoms with E-state index < -0.39 is 0 Å². The van der Waals surface area contributed by atoms with Crippen LogP contribution >= 0.6 is 0 Å². The van der Waals surface area contributed by atoms with Crippen LogP contribution in [0.2, 0.25) is 0 Å². The van der Waals surface area contributed by atoms with Crippen LogP contribution in [0, 0.1) is 0 Å². The third-order valence-electron chi connectivity index (χ3n) is 0.826. The number of nitrogens with two attached hydrogens (primary N) is 1. The van der Waals surface area contributed by atoms with E-state index in [-0.39, 0.29) is 0 Å². The Morgan fingerprint density at radius 1 is 2.00 bits per heavy atom. The van der Waals surface area contributed by atoms with Crippen LogP contribution in [0.1, 0.15) is 6.92 Å². The molecule has 0 aromatic rings. The van der Waals surface area contributed by atoms with Crippen molar-refractivity contribution in [3.8, 4) is 0 Å². The predicted octanol–water partition coefficient (Wildman–Crippen LogP) is -2.79. The van der Waals surface area contributed by atoms with Crippen molar-refractivity contribution in [3.05, 3.63) is 9.34 Å². The van der Waals surface area contributed by atoms with Crippen LogP contribution in [0.25, 0.3) is 0 Å². The molecule has 0 unspecified atom stereocenters. The van der Waals surface area contributed by atoms with E-state index in [9.17, 15) is 0 Å². The molecule has 2 N–H and O–H groups in total. The second-order valence-electron chi connectivity index (χ2n) is 1.35. The van der Waals surface area contributed by atoms with E-state index in [2.05, 4.69) is 4.84 Å². The first-order valence-electron chi connectivity index (χ1n) is 2.00. The average Bonchev–Trinajstić information content (AvgIpc) is 2.44. The van der Waals surface area contributed by atoms with Crippen LogP contribution in [-0.2, 0) is 4.84 Å². The maximum atomic E-state index is 4.87. The monoisotopic (exact) mass is 212 g/mol. The minimum atomic E-state index is 0.402. The molecule has 0 atom stereocenters. The molecule has 0 spiro atoms. The number of alkyl halides is 1. The normalized spacial score (nSPS) is 25.4. The molecular weight excluding hydrogens is 205 g/mol. The van der Waals surface area contributed by atoms with E-state index in [1.807, 2.05) is 6.92 Å². The molecule has 1 rings (SSSR count). The fourth-order valence-electron chi connectivity index (χ4n) is 0.286. The Balaban J connectivity index is 2.49. The first-order valence-corrected chi connectivity index (χ1v) is 4.60. The van der Waals surface area contributed by atoms with Gasteiger partial charge < -0.3 is 0 Å². The minimum absolute atomic E-state index is 0.402. The third-order valence-corrected chi connectivity index (χ3v) is 3.11. The van der Waals surface area contributed by atoms with Gasteiger partial charge in [0.05, 0.1) is 0 Å². The first-order chi connectivity index (χ1) is 3.34. The van der Waals surface area contributed by atoms with Gasteiger partial charge in [-0.1, -0.05) is 0 Å². The Kier molecular flexibility index (Phi) is 1.53. The van der Waals surface area contributed by atoms with E-state index in [4.69, 9.17) is 5.90 Å². The van der Waals surface area contributed by atoms with Crippen LogP contribution in [0.5, 0.6) is 0 Å². The van der Waals surface area contributed by atoms with E-state index in [0.29, 0.717) is 21.2 Å². The van der Waals surface area contributed by atoms with Crippen LogP contribution < -0.4 is 27.1 Å². The van der Waals surface area contributed by atoms with Gasteiger partial charge in [0.1, 0.15) is 0 Å². The van der Waals surface area contributed by atoms with E-state index in [1.165, 1.54) is 8.01 Å². The quantitative estimate of drug-likeness (QED) is 0.221. The molecule has 2 nitrogen and oxygen atoms in total. The SMILES string of the molecule is C/C(ON)=C1\C[I-]1. The first kappa shape index (κ1) is 5.37. The molecule has 0 aromatic carbocycles. The van der Waals surface area contributed by atoms with Gasteiger partial charge in [-0.25, -0.2) is 0 Å².